The van der Waals surface area contributed by atoms with Crippen molar-refractivity contribution in [3.63, 3.8) is 0 Å². The number of aryl methyl sites for hydroxylation is 1. The molecule has 3 rings (SSSR count). The van der Waals surface area contributed by atoms with Gasteiger partial charge in [-0.25, -0.2) is 5.43 Å². The van der Waals surface area contributed by atoms with E-state index in [4.69, 9.17) is 0 Å². The number of hydrazone groups is 1. The first-order valence-corrected chi connectivity index (χ1v) is 11.0. The number of nitrogens with zero attached hydrogens (tertiary/aromatic N) is 3. The topological polar surface area (TPSA) is 67.2 Å². The van der Waals surface area contributed by atoms with Crippen molar-refractivity contribution in [1.29, 1.82) is 0 Å². The van der Waals surface area contributed by atoms with Gasteiger partial charge in [0.25, 0.3) is 5.91 Å². The largest absolute Gasteiger partial charge is 0.272 e. The molecule has 0 atom stereocenters. The molecule has 0 radical (unpaired) electrons. The van der Waals surface area contributed by atoms with Gasteiger partial charge >= 0.3 is 0 Å². The molecule has 1 amide bonds. The summed E-state index contributed by atoms with van der Waals surface area (Å²) in [6, 6.07) is 18.1. The second-order valence-electron chi connectivity index (χ2n) is 5.55. The number of hydrogen-bond donors (Lipinski definition) is 1. The van der Waals surface area contributed by atoms with Crippen LogP contribution in [0, 0.1) is 6.92 Å². The van der Waals surface area contributed by atoms with E-state index in [9.17, 15) is 4.79 Å². The van der Waals surface area contributed by atoms with E-state index in [0.29, 0.717) is 0 Å². The van der Waals surface area contributed by atoms with Crippen LogP contribution in [-0.4, -0.2) is 28.1 Å². The highest BCUT2D eigenvalue weighted by molar-refractivity contribution is 8.03. The van der Waals surface area contributed by atoms with Gasteiger partial charge in [-0.3, -0.25) is 4.79 Å². The Morgan fingerprint density at radius 2 is 1.78 bits per heavy atom. The molecule has 0 fully saturated rings. The summed E-state index contributed by atoms with van der Waals surface area (Å²) in [5, 5.41) is 12.3. The number of aromatic nitrogens is 2. The maximum absolute atomic E-state index is 11.9. The third kappa shape index (κ3) is 6.50. The smallest absolute Gasteiger partial charge is 0.250 e. The first kappa shape index (κ1) is 19.6. The molecule has 0 aliphatic rings. The molecule has 8 heteroatoms. The van der Waals surface area contributed by atoms with Crippen molar-refractivity contribution >= 4 is 47.0 Å². The molecule has 0 spiro atoms. The zero-order valence-corrected chi connectivity index (χ0v) is 17.1. The molecule has 0 aliphatic heterocycles. The molecule has 1 heterocycles. The van der Waals surface area contributed by atoms with E-state index in [1.54, 1.807) is 18.0 Å². The van der Waals surface area contributed by atoms with Crippen LogP contribution in [0.5, 0.6) is 0 Å². The highest BCUT2D eigenvalue weighted by Crippen LogP contribution is 2.30. The maximum atomic E-state index is 11.9. The van der Waals surface area contributed by atoms with Crippen LogP contribution in [0.2, 0.25) is 0 Å². The van der Waals surface area contributed by atoms with Gasteiger partial charge < -0.3 is 0 Å². The first-order valence-electron chi connectivity index (χ1n) is 8.21. The Morgan fingerprint density at radius 3 is 2.56 bits per heavy atom. The van der Waals surface area contributed by atoms with Crippen LogP contribution in [0.4, 0.5) is 0 Å². The average Bonchev–Trinajstić information content (AvgIpc) is 3.15. The van der Waals surface area contributed by atoms with E-state index in [0.717, 1.165) is 25.6 Å². The van der Waals surface area contributed by atoms with Crippen molar-refractivity contribution in [3.05, 3.63) is 71.3 Å². The minimum absolute atomic E-state index is 0.168. The molecule has 27 heavy (non-hydrogen) atoms. The lowest BCUT2D eigenvalue weighted by Gasteiger charge is -1.99. The van der Waals surface area contributed by atoms with E-state index in [1.807, 2.05) is 49.4 Å². The minimum atomic E-state index is -0.168. The summed E-state index contributed by atoms with van der Waals surface area (Å²) in [5.74, 6) is 0.940. The fourth-order valence-electron chi connectivity index (χ4n) is 2.10. The number of carbonyl (C=O) groups excluding carboxylic acids is 1. The van der Waals surface area contributed by atoms with Crippen LogP contribution < -0.4 is 5.43 Å². The number of thioether (sulfide) groups is 2. The van der Waals surface area contributed by atoms with Crippen LogP contribution in [0.15, 0.2) is 68.4 Å². The summed E-state index contributed by atoms with van der Waals surface area (Å²) in [4.78, 5) is 11.9. The Hall–Kier alpha value is -2.16. The van der Waals surface area contributed by atoms with Gasteiger partial charge in [-0.05, 0) is 23.6 Å². The number of carbonyl (C=O) groups is 1. The fraction of sp³-hybridized carbons (Fsp3) is 0.158. The Labute approximate surface area is 170 Å². The van der Waals surface area contributed by atoms with Crippen LogP contribution in [-0.2, 0) is 10.5 Å². The Kier molecular flexibility index (Phi) is 7.44. The molecule has 138 valence electrons. The lowest BCUT2D eigenvalue weighted by Crippen LogP contribution is -2.19. The zero-order valence-electron chi connectivity index (χ0n) is 14.7. The van der Waals surface area contributed by atoms with Gasteiger partial charge in [0.2, 0.25) is 0 Å². The molecule has 0 saturated carbocycles. The van der Waals surface area contributed by atoms with Crippen LogP contribution in [0.3, 0.4) is 0 Å². The quantitative estimate of drug-likeness (QED) is 0.337. The van der Waals surface area contributed by atoms with E-state index in [2.05, 4.69) is 32.9 Å². The maximum Gasteiger partial charge on any atom is 0.250 e. The van der Waals surface area contributed by atoms with Crippen LogP contribution in [0.25, 0.3) is 0 Å². The van der Waals surface area contributed by atoms with Crippen LogP contribution >= 0.6 is 34.9 Å². The van der Waals surface area contributed by atoms with Crippen molar-refractivity contribution < 1.29 is 4.79 Å². The van der Waals surface area contributed by atoms with Gasteiger partial charge in [-0.2, -0.15) is 5.10 Å². The molecule has 1 N–H and O–H groups in total. The summed E-state index contributed by atoms with van der Waals surface area (Å²) >= 11 is 4.52. The molecule has 0 unspecified atom stereocenters. The molecule has 5 nitrogen and oxygen atoms in total. The van der Waals surface area contributed by atoms with E-state index in [1.165, 1.54) is 28.7 Å². The number of rotatable bonds is 8. The lowest BCUT2D eigenvalue weighted by atomic mass is 10.1. The average molecular weight is 415 g/mol. The highest BCUT2D eigenvalue weighted by Gasteiger charge is 2.08. The van der Waals surface area contributed by atoms with E-state index >= 15 is 0 Å². The van der Waals surface area contributed by atoms with Crippen LogP contribution in [0.1, 0.15) is 16.7 Å². The predicted molar refractivity (Wildman–Crippen MR) is 114 cm³/mol. The molecular weight excluding hydrogens is 396 g/mol. The van der Waals surface area contributed by atoms with Crippen molar-refractivity contribution in [2.45, 2.75) is 21.4 Å². The van der Waals surface area contributed by atoms with E-state index < -0.39 is 0 Å². The summed E-state index contributed by atoms with van der Waals surface area (Å²) in [6.07, 6.45) is 1.65. The number of benzene rings is 2. The second kappa shape index (κ2) is 10.2. The van der Waals surface area contributed by atoms with Crippen molar-refractivity contribution in [1.82, 2.24) is 15.6 Å². The monoisotopic (exact) mass is 414 g/mol. The first-order chi connectivity index (χ1) is 13.2. The van der Waals surface area contributed by atoms with Gasteiger partial charge in [0.1, 0.15) is 0 Å². The number of amides is 1. The molecule has 0 bridgehead atoms. The second-order valence-corrected chi connectivity index (χ2v) is 8.97. The number of hydrogen-bond acceptors (Lipinski definition) is 7. The van der Waals surface area contributed by atoms with Crippen molar-refractivity contribution in [3.8, 4) is 0 Å². The van der Waals surface area contributed by atoms with Gasteiger partial charge in [-0.15, -0.1) is 10.2 Å². The predicted octanol–water partition coefficient (Wildman–Crippen LogP) is 4.38. The highest BCUT2D eigenvalue weighted by atomic mass is 32.2. The SMILES string of the molecule is Cc1ccccc1/C=N/NC(=O)CSc1nnc(SCc2ccccc2)s1. The van der Waals surface area contributed by atoms with Gasteiger partial charge in [-0.1, -0.05) is 89.5 Å². The van der Waals surface area contributed by atoms with E-state index in [-0.39, 0.29) is 11.7 Å². The molecule has 0 saturated heterocycles. The summed E-state index contributed by atoms with van der Waals surface area (Å²) in [6.45, 7) is 2.00. The molecule has 2 aromatic carbocycles. The third-order valence-electron chi connectivity index (χ3n) is 3.50. The number of nitrogens with one attached hydrogen (secondary N) is 1. The summed E-state index contributed by atoms with van der Waals surface area (Å²) in [7, 11) is 0. The van der Waals surface area contributed by atoms with Gasteiger partial charge in [0, 0.05) is 5.75 Å². The Balaban J connectivity index is 1.41. The van der Waals surface area contributed by atoms with Crippen molar-refractivity contribution in [2.75, 3.05) is 5.75 Å². The molecule has 0 aliphatic carbocycles. The van der Waals surface area contributed by atoms with Gasteiger partial charge in [0.15, 0.2) is 8.68 Å². The van der Waals surface area contributed by atoms with Crippen molar-refractivity contribution in [2.24, 2.45) is 5.10 Å². The lowest BCUT2D eigenvalue weighted by molar-refractivity contribution is -0.118. The summed E-state index contributed by atoms with van der Waals surface area (Å²) in [5.41, 5.74) is 5.88. The molecule has 3 aromatic rings. The zero-order chi connectivity index (χ0) is 18.9. The van der Waals surface area contributed by atoms with Gasteiger partial charge in [0.05, 0.1) is 12.0 Å². The Morgan fingerprint density at radius 1 is 1.07 bits per heavy atom. The fourth-order valence-corrected chi connectivity index (χ4v) is 4.87. The standard InChI is InChI=1S/C19H18N4OS3/c1-14-7-5-6-10-16(14)11-20-21-17(24)13-26-19-23-22-18(27-19)25-12-15-8-3-2-4-9-15/h2-11H,12-13H2,1H3,(H,21,24)/b20-11+. The summed E-state index contributed by atoms with van der Waals surface area (Å²) < 4.78 is 1.68. The minimum Gasteiger partial charge on any atom is -0.272 e. The Bertz CT molecular complexity index is 912. The molecule has 1 aromatic heterocycles. The molecular formula is C19H18N4OS3. The third-order valence-corrected chi connectivity index (χ3v) is 6.76. The normalized spacial score (nSPS) is 11.0.